The van der Waals surface area contributed by atoms with Gasteiger partial charge < -0.3 is 5.11 Å². The molecule has 3 aromatic rings. The van der Waals surface area contributed by atoms with Gasteiger partial charge in [-0.3, -0.25) is 9.69 Å². The largest absolute Gasteiger partial charge is 0.507 e. The number of rotatable bonds is 5. The first-order chi connectivity index (χ1) is 14.1. The molecule has 0 unspecified atom stereocenters. The number of thiocarbonyl (C=S) groups is 1. The number of carbonyl (C=O) groups excluding carboxylic acids is 1. The summed E-state index contributed by atoms with van der Waals surface area (Å²) in [6.07, 6.45) is 2.49. The van der Waals surface area contributed by atoms with Crippen LogP contribution >= 0.6 is 24.0 Å². The van der Waals surface area contributed by atoms with Crippen molar-refractivity contribution in [2.45, 2.75) is 13.0 Å². The Hall–Kier alpha value is -2.89. The molecular formula is C24H19NO2S2. The van der Waals surface area contributed by atoms with Crippen LogP contribution in [0.2, 0.25) is 0 Å². The molecule has 0 radical (unpaired) electrons. The summed E-state index contributed by atoms with van der Waals surface area (Å²) >= 11 is 6.69. The third-order valence-electron chi connectivity index (χ3n) is 4.69. The third-order valence-corrected chi connectivity index (χ3v) is 6.06. The Labute approximate surface area is 179 Å². The zero-order valence-corrected chi connectivity index (χ0v) is 17.2. The number of phenols is 1. The number of amides is 1. The fourth-order valence-electron chi connectivity index (χ4n) is 3.20. The van der Waals surface area contributed by atoms with E-state index in [0.717, 1.165) is 17.5 Å². The molecular weight excluding hydrogens is 398 g/mol. The lowest BCUT2D eigenvalue weighted by Gasteiger charge is -2.14. The second-order valence-corrected chi connectivity index (χ2v) is 8.48. The molecule has 1 aliphatic heterocycles. The Morgan fingerprint density at radius 1 is 0.897 bits per heavy atom. The van der Waals surface area contributed by atoms with Crippen molar-refractivity contribution in [1.29, 1.82) is 0 Å². The summed E-state index contributed by atoms with van der Waals surface area (Å²) in [6.45, 7) is 0.447. The standard InChI is InChI=1S/C24H19NO2S2/c26-21-12-11-19(13-17-7-3-1-4-8-17)14-20(21)15-22-23(27)25(24(28)29-22)16-18-9-5-2-6-10-18/h1-12,14-15,26H,13,16H2/b22-15+. The van der Waals surface area contributed by atoms with E-state index < -0.39 is 0 Å². The SMILES string of the molecule is O=C1/C(=C\c2cc(Cc3ccccc3)ccc2O)SC(=S)N1Cc1ccccc1. The van der Waals surface area contributed by atoms with Crippen LogP contribution in [0.1, 0.15) is 22.3 Å². The van der Waals surface area contributed by atoms with Crippen molar-refractivity contribution < 1.29 is 9.90 Å². The van der Waals surface area contributed by atoms with Gasteiger partial charge in [0, 0.05) is 5.56 Å². The predicted molar refractivity (Wildman–Crippen MR) is 123 cm³/mol. The molecule has 0 spiro atoms. The molecule has 3 nitrogen and oxygen atoms in total. The Kier molecular flexibility index (Phi) is 5.79. The lowest BCUT2D eigenvalue weighted by atomic mass is 10.0. The number of benzene rings is 3. The van der Waals surface area contributed by atoms with E-state index in [4.69, 9.17) is 12.2 Å². The zero-order chi connectivity index (χ0) is 20.2. The second-order valence-electron chi connectivity index (χ2n) is 6.81. The molecule has 3 aromatic carbocycles. The highest BCUT2D eigenvalue weighted by Gasteiger charge is 2.32. The number of carbonyl (C=O) groups is 1. The average Bonchev–Trinajstić information content (AvgIpc) is 2.99. The molecule has 1 aliphatic rings. The van der Waals surface area contributed by atoms with E-state index in [0.29, 0.717) is 21.3 Å². The van der Waals surface area contributed by atoms with Gasteiger partial charge in [0.05, 0.1) is 11.4 Å². The highest BCUT2D eigenvalue weighted by atomic mass is 32.2. The van der Waals surface area contributed by atoms with E-state index in [1.165, 1.54) is 17.3 Å². The van der Waals surface area contributed by atoms with Gasteiger partial charge in [-0.2, -0.15) is 0 Å². The molecule has 0 saturated carbocycles. The Morgan fingerprint density at radius 3 is 2.24 bits per heavy atom. The van der Waals surface area contributed by atoms with Crippen LogP contribution in [-0.2, 0) is 17.8 Å². The summed E-state index contributed by atoms with van der Waals surface area (Å²) in [5.74, 6) is 0.0202. The van der Waals surface area contributed by atoms with E-state index in [-0.39, 0.29) is 11.7 Å². The average molecular weight is 418 g/mol. The minimum atomic E-state index is -0.128. The van der Waals surface area contributed by atoms with Crippen LogP contribution in [0, 0.1) is 0 Å². The molecule has 0 atom stereocenters. The van der Waals surface area contributed by atoms with Crippen molar-refractivity contribution in [3.05, 3.63) is 106 Å². The molecule has 29 heavy (non-hydrogen) atoms. The van der Waals surface area contributed by atoms with Crippen LogP contribution in [-0.4, -0.2) is 20.2 Å². The van der Waals surface area contributed by atoms with E-state index >= 15 is 0 Å². The maximum absolute atomic E-state index is 12.9. The molecule has 1 heterocycles. The summed E-state index contributed by atoms with van der Waals surface area (Å²) in [6, 6.07) is 25.4. The van der Waals surface area contributed by atoms with Gasteiger partial charge in [0.2, 0.25) is 0 Å². The fraction of sp³-hybridized carbons (Fsp3) is 0.0833. The number of hydrogen-bond donors (Lipinski definition) is 1. The Morgan fingerprint density at radius 2 is 1.55 bits per heavy atom. The molecule has 0 bridgehead atoms. The zero-order valence-electron chi connectivity index (χ0n) is 15.6. The van der Waals surface area contributed by atoms with Gasteiger partial charge >= 0.3 is 0 Å². The molecule has 4 rings (SSSR count). The normalized spacial score (nSPS) is 15.3. The molecule has 144 valence electrons. The first-order valence-electron chi connectivity index (χ1n) is 9.25. The van der Waals surface area contributed by atoms with Crippen LogP contribution in [0.4, 0.5) is 0 Å². The van der Waals surface area contributed by atoms with Crippen molar-refractivity contribution >= 4 is 40.3 Å². The first-order valence-corrected chi connectivity index (χ1v) is 10.5. The first kappa shape index (κ1) is 19.4. The van der Waals surface area contributed by atoms with Crippen molar-refractivity contribution in [3.63, 3.8) is 0 Å². The summed E-state index contributed by atoms with van der Waals surface area (Å²) in [7, 11) is 0. The van der Waals surface area contributed by atoms with Crippen molar-refractivity contribution in [1.82, 2.24) is 4.90 Å². The van der Waals surface area contributed by atoms with Gasteiger partial charge in [0.25, 0.3) is 5.91 Å². The monoisotopic (exact) mass is 417 g/mol. The van der Waals surface area contributed by atoms with Crippen LogP contribution < -0.4 is 0 Å². The highest BCUT2D eigenvalue weighted by molar-refractivity contribution is 8.26. The van der Waals surface area contributed by atoms with Gasteiger partial charge in [0.15, 0.2) is 0 Å². The van der Waals surface area contributed by atoms with Crippen LogP contribution in [0.3, 0.4) is 0 Å². The minimum absolute atomic E-state index is 0.128. The number of phenolic OH excluding ortho intramolecular Hbond substituents is 1. The quantitative estimate of drug-likeness (QED) is 0.447. The second kappa shape index (κ2) is 8.64. The molecule has 5 heteroatoms. The molecule has 0 aliphatic carbocycles. The third kappa shape index (κ3) is 4.58. The summed E-state index contributed by atoms with van der Waals surface area (Å²) in [5, 5.41) is 10.3. The van der Waals surface area contributed by atoms with Gasteiger partial charge in [-0.15, -0.1) is 0 Å². The maximum Gasteiger partial charge on any atom is 0.266 e. The molecule has 1 fully saturated rings. The molecule has 1 amide bonds. The van der Waals surface area contributed by atoms with Crippen molar-refractivity contribution in [2.75, 3.05) is 0 Å². The van der Waals surface area contributed by atoms with E-state index in [1.807, 2.05) is 60.7 Å². The van der Waals surface area contributed by atoms with Gasteiger partial charge in [-0.05, 0) is 41.3 Å². The van der Waals surface area contributed by atoms with Gasteiger partial charge in [-0.25, -0.2) is 0 Å². The van der Waals surface area contributed by atoms with E-state index in [2.05, 4.69) is 12.1 Å². The summed E-state index contributed by atoms with van der Waals surface area (Å²) < 4.78 is 0.532. The van der Waals surface area contributed by atoms with Crippen LogP contribution in [0.25, 0.3) is 6.08 Å². The Bertz CT molecular complexity index is 1080. The number of nitrogens with zero attached hydrogens (tertiary/aromatic N) is 1. The number of thioether (sulfide) groups is 1. The van der Waals surface area contributed by atoms with Crippen LogP contribution in [0.15, 0.2) is 83.8 Å². The lowest BCUT2D eigenvalue weighted by Crippen LogP contribution is -2.27. The number of hydrogen-bond acceptors (Lipinski definition) is 4. The van der Waals surface area contributed by atoms with Gasteiger partial charge in [0.1, 0.15) is 10.1 Å². The Balaban J connectivity index is 1.56. The van der Waals surface area contributed by atoms with Crippen molar-refractivity contribution in [3.8, 4) is 5.75 Å². The smallest absolute Gasteiger partial charge is 0.266 e. The highest BCUT2D eigenvalue weighted by Crippen LogP contribution is 2.35. The van der Waals surface area contributed by atoms with E-state index in [9.17, 15) is 9.90 Å². The summed E-state index contributed by atoms with van der Waals surface area (Å²) in [4.78, 5) is 15.0. The van der Waals surface area contributed by atoms with E-state index in [1.54, 1.807) is 17.0 Å². The van der Waals surface area contributed by atoms with Crippen molar-refractivity contribution in [2.24, 2.45) is 0 Å². The molecule has 0 aromatic heterocycles. The topological polar surface area (TPSA) is 40.5 Å². The van der Waals surface area contributed by atoms with Gasteiger partial charge in [-0.1, -0.05) is 90.7 Å². The maximum atomic E-state index is 12.9. The van der Waals surface area contributed by atoms with Crippen LogP contribution in [0.5, 0.6) is 5.75 Å². The fourth-order valence-corrected chi connectivity index (χ4v) is 4.45. The number of aromatic hydroxyl groups is 1. The molecule has 1 saturated heterocycles. The minimum Gasteiger partial charge on any atom is -0.507 e. The summed E-state index contributed by atoms with van der Waals surface area (Å²) in [5.41, 5.74) is 3.91. The predicted octanol–water partition coefficient (Wildman–Crippen LogP) is 5.38. The molecule has 1 N–H and O–H groups in total. The lowest BCUT2D eigenvalue weighted by molar-refractivity contribution is -0.122.